The van der Waals surface area contributed by atoms with Crippen LogP contribution in [-0.4, -0.2) is 12.6 Å². The average Bonchev–Trinajstić information content (AvgIpc) is 2.53. The Morgan fingerprint density at radius 1 is 1.22 bits per heavy atom. The topological polar surface area (TPSA) is 50.4 Å². The van der Waals surface area contributed by atoms with Crippen LogP contribution in [0, 0.1) is 12.7 Å². The predicted octanol–water partition coefficient (Wildman–Crippen LogP) is 4.24. The average molecular weight is 316 g/mol. The van der Waals surface area contributed by atoms with Gasteiger partial charge in [0.15, 0.2) is 0 Å². The number of anilines is 1. The third-order valence-electron chi connectivity index (χ3n) is 3.19. The first-order chi connectivity index (χ1) is 11.1. The van der Waals surface area contributed by atoms with Gasteiger partial charge in [-0.25, -0.2) is 9.18 Å². The quantitative estimate of drug-likeness (QED) is 0.837. The minimum absolute atomic E-state index is 0.251. The molecule has 2 N–H and O–H groups in total. The van der Waals surface area contributed by atoms with Gasteiger partial charge in [0.05, 0.1) is 12.3 Å². The van der Waals surface area contributed by atoms with Crippen LogP contribution in [0.4, 0.5) is 14.9 Å². The summed E-state index contributed by atoms with van der Waals surface area (Å²) in [6, 6.07) is 11.4. The normalized spacial score (nSPS) is 10.2. The van der Waals surface area contributed by atoms with Crippen molar-refractivity contribution in [2.75, 3.05) is 11.9 Å². The van der Waals surface area contributed by atoms with E-state index in [1.165, 1.54) is 12.1 Å². The molecule has 0 atom stereocenters. The SMILES string of the molecule is CCCOc1cc(C)ccc1NC(=O)NCc1cccc(F)c1. The Labute approximate surface area is 135 Å². The molecule has 0 heterocycles. The molecule has 0 spiro atoms. The van der Waals surface area contributed by atoms with Gasteiger partial charge in [0.2, 0.25) is 0 Å². The number of carbonyl (C=O) groups is 1. The van der Waals surface area contributed by atoms with Crippen molar-refractivity contribution in [3.63, 3.8) is 0 Å². The van der Waals surface area contributed by atoms with E-state index in [0.717, 1.165) is 12.0 Å². The maximum Gasteiger partial charge on any atom is 0.319 e. The summed E-state index contributed by atoms with van der Waals surface area (Å²) in [5.74, 6) is 0.325. The van der Waals surface area contributed by atoms with Gasteiger partial charge in [-0.2, -0.15) is 0 Å². The molecule has 4 nitrogen and oxygen atoms in total. The van der Waals surface area contributed by atoms with Crippen LogP contribution in [0.25, 0.3) is 0 Å². The lowest BCUT2D eigenvalue weighted by Gasteiger charge is -2.13. The number of hydrogen-bond donors (Lipinski definition) is 2. The minimum Gasteiger partial charge on any atom is -0.491 e. The zero-order chi connectivity index (χ0) is 16.7. The lowest BCUT2D eigenvalue weighted by atomic mass is 10.2. The summed E-state index contributed by atoms with van der Waals surface area (Å²) >= 11 is 0. The van der Waals surface area contributed by atoms with Crippen LogP contribution in [0.1, 0.15) is 24.5 Å². The molecule has 0 aliphatic rings. The number of urea groups is 1. The Bertz CT molecular complexity index is 674. The molecule has 5 heteroatoms. The maximum atomic E-state index is 13.1. The summed E-state index contributed by atoms with van der Waals surface area (Å²) in [5.41, 5.74) is 2.37. The highest BCUT2D eigenvalue weighted by Gasteiger charge is 2.08. The smallest absolute Gasteiger partial charge is 0.319 e. The fourth-order valence-corrected chi connectivity index (χ4v) is 2.06. The molecule has 0 aromatic heterocycles. The predicted molar refractivity (Wildman–Crippen MR) is 89.2 cm³/mol. The van der Waals surface area contributed by atoms with Gasteiger partial charge in [0.25, 0.3) is 0 Å². The third-order valence-corrected chi connectivity index (χ3v) is 3.19. The first-order valence-electron chi connectivity index (χ1n) is 7.61. The molecule has 122 valence electrons. The third kappa shape index (κ3) is 5.29. The van der Waals surface area contributed by atoms with Gasteiger partial charge in [0.1, 0.15) is 11.6 Å². The summed E-state index contributed by atoms with van der Waals surface area (Å²) in [6.07, 6.45) is 0.888. The van der Waals surface area contributed by atoms with Crippen LogP contribution in [0.5, 0.6) is 5.75 Å². The van der Waals surface area contributed by atoms with Crippen molar-refractivity contribution in [3.05, 3.63) is 59.4 Å². The van der Waals surface area contributed by atoms with Gasteiger partial charge in [0, 0.05) is 6.54 Å². The van der Waals surface area contributed by atoms with Gasteiger partial charge >= 0.3 is 6.03 Å². The monoisotopic (exact) mass is 316 g/mol. The highest BCUT2D eigenvalue weighted by Crippen LogP contribution is 2.25. The number of rotatable bonds is 6. The molecule has 2 aromatic carbocycles. The second-order valence-electron chi connectivity index (χ2n) is 5.29. The van der Waals surface area contributed by atoms with E-state index in [9.17, 15) is 9.18 Å². The van der Waals surface area contributed by atoms with Crippen LogP contribution in [-0.2, 0) is 6.54 Å². The van der Waals surface area contributed by atoms with Crippen LogP contribution in [0.15, 0.2) is 42.5 Å². The number of carbonyl (C=O) groups excluding carboxylic acids is 1. The lowest BCUT2D eigenvalue weighted by molar-refractivity contribution is 0.251. The number of aryl methyl sites for hydroxylation is 1. The fourth-order valence-electron chi connectivity index (χ4n) is 2.06. The number of ether oxygens (including phenoxy) is 1. The summed E-state index contributed by atoms with van der Waals surface area (Å²) in [6.45, 7) is 4.82. The van der Waals surface area contributed by atoms with Crippen LogP contribution in [0.3, 0.4) is 0 Å². The molecule has 0 bridgehead atoms. The molecule has 2 aromatic rings. The van der Waals surface area contributed by atoms with E-state index in [0.29, 0.717) is 23.6 Å². The Kier molecular flexibility index (Phi) is 5.97. The summed E-state index contributed by atoms with van der Waals surface area (Å²) < 4.78 is 18.8. The van der Waals surface area contributed by atoms with Crippen LogP contribution in [0.2, 0.25) is 0 Å². The highest BCUT2D eigenvalue weighted by atomic mass is 19.1. The van der Waals surface area contributed by atoms with Crippen molar-refractivity contribution in [1.29, 1.82) is 0 Å². The molecule has 0 saturated heterocycles. The molecular weight excluding hydrogens is 295 g/mol. The second kappa shape index (κ2) is 8.17. The standard InChI is InChI=1S/C18H21FN2O2/c1-3-9-23-17-10-13(2)7-8-16(17)21-18(22)20-12-14-5-4-6-15(19)11-14/h4-8,10-11H,3,9,12H2,1-2H3,(H2,20,21,22). The molecule has 2 rings (SSSR count). The number of nitrogens with one attached hydrogen (secondary N) is 2. The number of halogens is 1. The number of benzene rings is 2. The van der Waals surface area contributed by atoms with E-state index < -0.39 is 0 Å². The zero-order valence-electron chi connectivity index (χ0n) is 13.4. The molecule has 0 saturated carbocycles. The van der Waals surface area contributed by atoms with Gasteiger partial charge in [-0.1, -0.05) is 25.1 Å². The lowest BCUT2D eigenvalue weighted by Crippen LogP contribution is -2.28. The minimum atomic E-state index is -0.362. The highest BCUT2D eigenvalue weighted by molar-refractivity contribution is 5.90. The Hall–Kier alpha value is -2.56. The van der Waals surface area contributed by atoms with Crippen LogP contribution < -0.4 is 15.4 Å². The van der Waals surface area contributed by atoms with Gasteiger partial charge < -0.3 is 15.4 Å². The number of amides is 2. The molecule has 0 fully saturated rings. The van der Waals surface area contributed by atoms with Gasteiger partial charge in [-0.05, 0) is 48.7 Å². The molecule has 23 heavy (non-hydrogen) atoms. The van der Waals surface area contributed by atoms with Crippen molar-refractivity contribution in [1.82, 2.24) is 5.32 Å². The van der Waals surface area contributed by atoms with Crippen molar-refractivity contribution in [3.8, 4) is 5.75 Å². The molecule has 0 unspecified atom stereocenters. The summed E-state index contributed by atoms with van der Waals surface area (Å²) in [4.78, 5) is 12.0. The Morgan fingerprint density at radius 3 is 2.78 bits per heavy atom. The van der Waals surface area contributed by atoms with Gasteiger partial charge in [-0.3, -0.25) is 0 Å². The molecular formula is C18H21FN2O2. The van der Waals surface area contributed by atoms with E-state index in [2.05, 4.69) is 10.6 Å². The molecule has 0 aliphatic carbocycles. The number of hydrogen-bond acceptors (Lipinski definition) is 2. The first kappa shape index (κ1) is 16.8. The van der Waals surface area contributed by atoms with Crippen LogP contribution >= 0.6 is 0 Å². The van der Waals surface area contributed by atoms with Crippen molar-refractivity contribution in [2.45, 2.75) is 26.8 Å². The Morgan fingerprint density at radius 2 is 2.04 bits per heavy atom. The maximum absolute atomic E-state index is 13.1. The van der Waals surface area contributed by atoms with E-state index >= 15 is 0 Å². The van der Waals surface area contributed by atoms with Gasteiger partial charge in [-0.15, -0.1) is 0 Å². The zero-order valence-corrected chi connectivity index (χ0v) is 13.4. The largest absolute Gasteiger partial charge is 0.491 e. The van der Waals surface area contributed by atoms with Crippen molar-refractivity contribution < 1.29 is 13.9 Å². The van der Waals surface area contributed by atoms with Crippen molar-refractivity contribution in [2.24, 2.45) is 0 Å². The summed E-state index contributed by atoms with van der Waals surface area (Å²) in [7, 11) is 0. The van der Waals surface area contributed by atoms with E-state index in [1.807, 2.05) is 32.0 Å². The first-order valence-corrected chi connectivity index (χ1v) is 7.61. The van der Waals surface area contributed by atoms with Crippen molar-refractivity contribution >= 4 is 11.7 Å². The second-order valence-corrected chi connectivity index (χ2v) is 5.29. The molecule has 2 amide bonds. The van der Waals surface area contributed by atoms with E-state index in [4.69, 9.17) is 4.74 Å². The molecule has 0 radical (unpaired) electrons. The fraction of sp³-hybridized carbons (Fsp3) is 0.278. The van der Waals surface area contributed by atoms with E-state index in [1.54, 1.807) is 12.1 Å². The summed E-state index contributed by atoms with van der Waals surface area (Å²) in [5, 5.41) is 5.46. The molecule has 0 aliphatic heterocycles. The Balaban J connectivity index is 1.96. The van der Waals surface area contributed by atoms with E-state index in [-0.39, 0.29) is 18.4 Å².